The number of benzene rings is 2. The third-order valence-electron chi connectivity index (χ3n) is 3.90. The van der Waals surface area contributed by atoms with Crippen LogP contribution in [0.5, 0.6) is 5.75 Å². The Morgan fingerprint density at radius 1 is 1.20 bits per heavy atom. The zero-order valence-corrected chi connectivity index (χ0v) is 14.2. The number of rotatable bonds is 5. The summed E-state index contributed by atoms with van der Waals surface area (Å²) in [4.78, 5) is 24.0. The molecular formula is C20H19NO4. The van der Waals surface area contributed by atoms with Crippen molar-refractivity contribution in [2.75, 3.05) is 19.0 Å². The highest BCUT2D eigenvalue weighted by molar-refractivity contribution is 6.35. The van der Waals surface area contributed by atoms with Gasteiger partial charge in [0.25, 0.3) is 5.91 Å². The molecular weight excluding hydrogens is 318 g/mol. The summed E-state index contributed by atoms with van der Waals surface area (Å²) >= 11 is 0. The molecule has 128 valence electrons. The third-order valence-corrected chi connectivity index (χ3v) is 3.90. The molecule has 0 unspecified atom stereocenters. The lowest BCUT2D eigenvalue weighted by atomic mass is 10.0. The van der Waals surface area contributed by atoms with E-state index < -0.39 is 5.97 Å². The molecule has 3 rings (SSSR count). The second-order valence-corrected chi connectivity index (χ2v) is 5.65. The average molecular weight is 337 g/mol. The predicted molar refractivity (Wildman–Crippen MR) is 96.5 cm³/mol. The van der Waals surface area contributed by atoms with Gasteiger partial charge in [0.1, 0.15) is 5.75 Å². The van der Waals surface area contributed by atoms with Crippen LogP contribution in [0.1, 0.15) is 34.8 Å². The van der Waals surface area contributed by atoms with Crippen LogP contribution in [0.3, 0.4) is 0 Å². The Kier molecular flexibility index (Phi) is 4.84. The number of anilines is 1. The standard InChI is InChI=1S/C20H19NO4/c1-3-10-25-18-7-5-4-6-13(18)11-16-15-9-8-14(20(23)24-2)12-17(15)21-19(16)22/h4-9,11-12H,3,10H2,1-2H3,(H,21,22)/b16-11-. The number of ether oxygens (including phenoxy) is 2. The quantitative estimate of drug-likeness (QED) is 0.666. The molecule has 0 radical (unpaired) electrons. The minimum atomic E-state index is -0.437. The first kappa shape index (κ1) is 16.8. The largest absolute Gasteiger partial charge is 0.493 e. The van der Waals surface area contributed by atoms with Crippen molar-refractivity contribution in [3.63, 3.8) is 0 Å². The van der Waals surface area contributed by atoms with Crippen LogP contribution in [-0.2, 0) is 9.53 Å². The van der Waals surface area contributed by atoms with Crippen LogP contribution in [0.25, 0.3) is 11.6 Å². The Labute approximate surface area is 146 Å². The van der Waals surface area contributed by atoms with E-state index in [9.17, 15) is 9.59 Å². The van der Waals surface area contributed by atoms with E-state index in [4.69, 9.17) is 9.47 Å². The molecule has 5 nitrogen and oxygen atoms in total. The molecule has 2 aromatic rings. The number of nitrogens with one attached hydrogen (secondary N) is 1. The SMILES string of the molecule is CCCOc1ccccc1/C=C1\C(=O)Nc2cc(C(=O)OC)ccc21. The average Bonchev–Trinajstić information content (AvgIpc) is 2.95. The monoisotopic (exact) mass is 337 g/mol. The Balaban J connectivity index is 1.99. The van der Waals surface area contributed by atoms with Crippen LogP contribution < -0.4 is 10.1 Å². The summed E-state index contributed by atoms with van der Waals surface area (Å²) in [5, 5.41) is 2.79. The summed E-state index contributed by atoms with van der Waals surface area (Å²) in [6.45, 7) is 2.66. The highest BCUT2D eigenvalue weighted by atomic mass is 16.5. The lowest BCUT2D eigenvalue weighted by Crippen LogP contribution is -2.04. The van der Waals surface area contributed by atoms with E-state index in [2.05, 4.69) is 5.32 Å². The van der Waals surface area contributed by atoms with Crippen molar-refractivity contribution in [2.45, 2.75) is 13.3 Å². The van der Waals surface area contributed by atoms with Gasteiger partial charge in [-0.1, -0.05) is 31.2 Å². The summed E-state index contributed by atoms with van der Waals surface area (Å²) in [5.41, 5.74) is 3.13. The summed E-state index contributed by atoms with van der Waals surface area (Å²) in [7, 11) is 1.33. The van der Waals surface area contributed by atoms with Gasteiger partial charge in [-0.3, -0.25) is 4.79 Å². The molecule has 1 N–H and O–H groups in total. The molecule has 5 heteroatoms. The molecule has 0 aliphatic carbocycles. The maximum Gasteiger partial charge on any atom is 0.337 e. The van der Waals surface area contributed by atoms with E-state index in [1.165, 1.54) is 7.11 Å². The van der Waals surface area contributed by atoms with Gasteiger partial charge in [-0.15, -0.1) is 0 Å². The molecule has 0 aromatic heterocycles. The van der Waals surface area contributed by atoms with Gasteiger partial charge < -0.3 is 14.8 Å². The molecule has 0 fully saturated rings. The summed E-state index contributed by atoms with van der Waals surface area (Å²) in [6.07, 6.45) is 2.72. The fraction of sp³-hybridized carbons (Fsp3) is 0.200. The van der Waals surface area contributed by atoms with Crippen molar-refractivity contribution in [3.05, 3.63) is 59.2 Å². The number of carbonyl (C=O) groups is 2. The van der Waals surface area contributed by atoms with Gasteiger partial charge >= 0.3 is 5.97 Å². The van der Waals surface area contributed by atoms with Crippen molar-refractivity contribution in [2.24, 2.45) is 0 Å². The van der Waals surface area contributed by atoms with Crippen LogP contribution in [0.4, 0.5) is 5.69 Å². The van der Waals surface area contributed by atoms with E-state index in [0.717, 1.165) is 23.3 Å². The number of amides is 1. The number of para-hydroxylation sites is 1. The van der Waals surface area contributed by atoms with Crippen molar-refractivity contribution in [1.29, 1.82) is 0 Å². The van der Waals surface area contributed by atoms with E-state index in [1.807, 2.05) is 37.3 Å². The van der Waals surface area contributed by atoms with Crippen molar-refractivity contribution in [1.82, 2.24) is 0 Å². The van der Waals surface area contributed by atoms with E-state index in [-0.39, 0.29) is 5.91 Å². The number of carbonyl (C=O) groups excluding carboxylic acids is 2. The highest BCUT2D eigenvalue weighted by Crippen LogP contribution is 2.35. The van der Waals surface area contributed by atoms with Gasteiger partial charge in [0.15, 0.2) is 0 Å². The molecule has 1 aliphatic rings. The number of fused-ring (bicyclic) bond motifs is 1. The molecule has 1 amide bonds. The minimum absolute atomic E-state index is 0.206. The van der Waals surface area contributed by atoms with E-state index >= 15 is 0 Å². The highest BCUT2D eigenvalue weighted by Gasteiger charge is 2.25. The van der Waals surface area contributed by atoms with E-state index in [0.29, 0.717) is 23.4 Å². The Bertz CT molecular complexity index is 855. The minimum Gasteiger partial charge on any atom is -0.493 e. The van der Waals surface area contributed by atoms with Gasteiger partial charge in [-0.05, 0) is 30.7 Å². The maximum atomic E-state index is 12.4. The molecule has 0 atom stereocenters. The van der Waals surface area contributed by atoms with Crippen LogP contribution >= 0.6 is 0 Å². The van der Waals surface area contributed by atoms with Gasteiger partial charge in [-0.25, -0.2) is 4.79 Å². The molecule has 0 saturated carbocycles. The van der Waals surface area contributed by atoms with Crippen LogP contribution in [0.15, 0.2) is 42.5 Å². The predicted octanol–water partition coefficient (Wildman–Crippen LogP) is 3.75. The zero-order chi connectivity index (χ0) is 17.8. The molecule has 0 saturated heterocycles. The Morgan fingerprint density at radius 3 is 2.76 bits per heavy atom. The Morgan fingerprint density at radius 2 is 2.00 bits per heavy atom. The van der Waals surface area contributed by atoms with Gasteiger partial charge in [0.05, 0.1) is 19.3 Å². The third kappa shape index (κ3) is 3.40. The molecule has 1 aliphatic heterocycles. The summed E-state index contributed by atoms with van der Waals surface area (Å²) in [6, 6.07) is 12.6. The fourth-order valence-electron chi connectivity index (χ4n) is 2.68. The summed E-state index contributed by atoms with van der Waals surface area (Å²) < 4.78 is 10.5. The van der Waals surface area contributed by atoms with Crippen molar-refractivity contribution in [3.8, 4) is 5.75 Å². The number of esters is 1. The number of methoxy groups -OCH3 is 1. The maximum absolute atomic E-state index is 12.4. The summed E-state index contributed by atoms with van der Waals surface area (Å²) in [5.74, 6) is 0.0966. The van der Waals surface area contributed by atoms with Crippen LogP contribution in [0, 0.1) is 0 Å². The van der Waals surface area contributed by atoms with Crippen LogP contribution in [0.2, 0.25) is 0 Å². The van der Waals surface area contributed by atoms with Crippen molar-refractivity contribution < 1.29 is 19.1 Å². The van der Waals surface area contributed by atoms with Crippen molar-refractivity contribution >= 4 is 29.2 Å². The Hall–Kier alpha value is -3.08. The lowest BCUT2D eigenvalue weighted by Gasteiger charge is -2.08. The first-order valence-electron chi connectivity index (χ1n) is 8.11. The zero-order valence-electron chi connectivity index (χ0n) is 14.2. The molecule has 0 spiro atoms. The molecule has 2 aromatic carbocycles. The van der Waals surface area contributed by atoms with E-state index in [1.54, 1.807) is 18.2 Å². The molecule has 0 bridgehead atoms. The van der Waals surface area contributed by atoms with Gasteiger partial charge in [0, 0.05) is 22.4 Å². The smallest absolute Gasteiger partial charge is 0.337 e. The first-order chi connectivity index (χ1) is 12.1. The second kappa shape index (κ2) is 7.21. The first-order valence-corrected chi connectivity index (χ1v) is 8.11. The lowest BCUT2D eigenvalue weighted by molar-refractivity contribution is -0.110. The van der Waals surface area contributed by atoms with Gasteiger partial charge in [0.2, 0.25) is 0 Å². The number of hydrogen-bond donors (Lipinski definition) is 1. The second-order valence-electron chi connectivity index (χ2n) is 5.65. The van der Waals surface area contributed by atoms with Crippen LogP contribution in [-0.4, -0.2) is 25.6 Å². The topological polar surface area (TPSA) is 64.6 Å². The normalized spacial score (nSPS) is 14.2. The van der Waals surface area contributed by atoms with Gasteiger partial charge in [-0.2, -0.15) is 0 Å². The fourth-order valence-corrected chi connectivity index (χ4v) is 2.68. The molecule has 1 heterocycles. The number of hydrogen-bond acceptors (Lipinski definition) is 4. The molecule has 25 heavy (non-hydrogen) atoms.